The molecule has 7 heteroatoms. The first kappa shape index (κ1) is 11.8. The molecule has 0 heterocycles. The lowest BCUT2D eigenvalue weighted by Crippen LogP contribution is -2.19. The molecule has 0 saturated carbocycles. The molecular weight excluding hydrogens is 194 g/mol. The molecule has 0 saturated heterocycles. The molecule has 0 aromatic heterocycles. The van der Waals surface area contributed by atoms with Crippen LogP contribution in [0, 0.1) is 0 Å². The van der Waals surface area contributed by atoms with Crippen molar-refractivity contribution in [2.45, 2.75) is 6.42 Å². The van der Waals surface area contributed by atoms with E-state index < -0.39 is 12.0 Å². The van der Waals surface area contributed by atoms with Gasteiger partial charge in [-0.2, -0.15) is 0 Å². The van der Waals surface area contributed by atoms with Crippen molar-refractivity contribution < 1.29 is 14.4 Å². The molecule has 0 aromatic carbocycles. The number of carbonyl (C=O) groups excluding carboxylic acids is 2. The lowest BCUT2D eigenvalue weighted by atomic mass is 10.4. The summed E-state index contributed by atoms with van der Waals surface area (Å²) < 4.78 is 0. The minimum atomic E-state index is -0.684. The average Bonchev–Trinajstić information content (AvgIpc) is 2.10. The van der Waals surface area contributed by atoms with E-state index in [4.69, 9.17) is 5.73 Å². The van der Waals surface area contributed by atoms with Gasteiger partial charge >= 0.3 is 6.09 Å². The third-order valence-corrected chi connectivity index (χ3v) is 1.69. The van der Waals surface area contributed by atoms with Crippen molar-refractivity contribution in [1.82, 2.24) is 5.32 Å². The van der Waals surface area contributed by atoms with Gasteiger partial charge in [-0.05, 0) is 6.26 Å². The van der Waals surface area contributed by atoms with E-state index in [1.54, 1.807) is 6.26 Å². The Morgan fingerprint density at radius 2 is 2.23 bits per heavy atom. The highest BCUT2D eigenvalue weighted by atomic mass is 32.2. The van der Waals surface area contributed by atoms with Crippen molar-refractivity contribution in [1.29, 1.82) is 0 Å². The molecule has 0 aromatic rings. The number of thioether (sulfide) groups is 1. The Labute approximate surface area is 79.9 Å². The van der Waals surface area contributed by atoms with Gasteiger partial charge < -0.3 is 11.1 Å². The van der Waals surface area contributed by atoms with Crippen LogP contribution in [0.5, 0.6) is 0 Å². The van der Waals surface area contributed by atoms with Crippen LogP contribution in [0.15, 0.2) is 5.16 Å². The molecule has 0 rings (SSSR count). The summed E-state index contributed by atoms with van der Waals surface area (Å²) in [7, 11) is 1.41. The molecule has 74 valence electrons. The van der Waals surface area contributed by atoms with Gasteiger partial charge in [0.2, 0.25) is 5.91 Å². The number of primary amides is 1. The topological polar surface area (TPSA) is 93.8 Å². The molecule has 6 nitrogen and oxygen atoms in total. The largest absolute Gasteiger partial charge is 0.433 e. The lowest BCUT2D eigenvalue weighted by Gasteiger charge is -1.99. The quantitative estimate of drug-likeness (QED) is 0.291. The summed E-state index contributed by atoms with van der Waals surface area (Å²) in [5.74, 6) is -0.520. The van der Waals surface area contributed by atoms with E-state index in [1.807, 2.05) is 0 Å². The van der Waals surface area contributed by atoms with Gasteiger partial charge in [0.1, 0.15) is 5.04 Å². The summed E-state index contributed by atoms with van der Waals surface area (Å²) in [4.78, 5) is 25.4. The number of hydrogen-bond donors (Lipinski definition) is 2. The second-order valence-corrected chi connectivity index (χ2v) is 2.84. The Morgan fingerprint density at radius 1 is 1.62 bits per heavy atom. The standard InChI is InChI=1S/C6H11N3O3S/c1-8-6(11)12-9-5(13-2)3-4(7)10/h3H2,1-2H3,(H2,7,10)(H,8,11). The number of hydrogen-bond acceptors (Lipinski definition) is 5. The highest BCUT2D eigenvalue weighted by Gasteiger charge is 2.04. The second kappa shape index (κ2) is 6.30. The van der Waals surface area contributed by atoms with E-state index in [-0.39, 0.29) is 6.42 Å². The van der Waals surface area contributed by atoms with Gasteiger partial charge in [-0.1, -0.05) is 5.16 Å². The van der Waals surface area contributed by atoms with Crippen LogP contribution in [0.4, 0.5) is 4.79 Å². The lowest BCUT2D eigenvalue weighted by molar-refractivity contribution is -0.116. The summed E-state index contributed by atoms with van der Waals surface area (Å²) in [5, 5.41) is 5.98. The first-order valence-electron chi connectivity index (χ1n) is 3.38. The van der Waals surface area contributed by atoms with E-state index in [9.17, 15) is 9.59 Å². The molecule has 0 aliphatic heterocycles. The summed E-state index contributed by atoms with van der Waals surface area (Å²) in [5.41, 5.74) is 4.92. The number of nitrogens with zero attached hydrogens (tertiary/aromatic N) is 1. The first-order chi connectivity index (χ1) is 6.10. The Hall–Kier alpha value is -1.24. The fourth-order valence-electron chi connectivity index (χ4n) is 0.429. The third-order valence-electron chi connectivity index (χ3n) is 0.996. The van der Waals surface area contributed by atoms with Gasteiger partial charge in [0.25, 0.3) is 0 Å². The molecule has 13 heavy (non-hydrogen) atoms. The smallest absolute Gasteiger partial charge is 0.369 e. The summed E-state index contributed by atoms with van der Waals surface area (Å²) >= 11 is 1.19. The third kappa shape index (κ3) is 5.97. The van der Waals surface area contributed by atoms with E-state index in [1.165, 1.54) is 18.8 Å². The van der Waals surface area contributed by atoms with Crippen LogP contribution in [-0.4, -0.2) is 30.3 Å². The molecule has 3 N–H and O–H groups in total. The van der Waals surface area contributed by atoms with Crippen molar-refractivity contribution in [3.63, 3.8) is 0 Å². The van der Waals surface area contributed by atoms with Crippen LogP contribution in [0.25, 0.3) is 0 Å². The summed E-state index contributed by atoms with van der Waals surface area (Å²) in [6, 6.07) is 0. The molecule has 0 aliphatic carbocycles. The van der Waals surface area contributed by atoms with E-state index in [2.05, 4.69) is 15.3 Å². The van der Waals surface area contributed by atoms with Crippen LogP contribution < -0.4 is 11.1 Å². The van der Waals surface area contributed by atoms with E-state index in [0.717, 1.165) is 0 Å². The number of nitrogens with one attached hydrogen (secondary N) is 1. The predicted octanol–water partition coefficient (Wildman–Crippen LogP) is -0.106. The molecule has 0 radical (unpaired) electrons. The Bertz CT molecular complexity index is 229. The van der Waals surface area contributed by atoms with Crippen LogP contribution in [0.2, 0.25) is 0 Å². The maximum atomic E-state index is 10.6. The minimum Gasteiger partial charge on any atom is -0.369 e. The second-order valence-electron chi connectivity index (χ2n) is 1.96. The molecule has 0 aliphatic rings. The molecule has 0 bridgehead atoms. The number of amides is 2. The predicted molar refractivity (Wildman–Crippen MR) is 50.3 cm³/mol. The summed E-state index contributed by atoms with van der Waals surface area (Å²) in [6.45, 7) is 0. The molecule has 0 spiro atoms. The molecule has 0 atom stereocenters. The fraction of sp³-hybridized carbons (Fsp3) is 0.500. The van der Waals surface area contributed by atoms with Gasteiger partial charge in [0.05, 0.1) is 6.42 Å². The SMILES string of the molecule is CNC(=O)ON=C(CC(N)=O)SC. The van der Waals surface area contributed by atoms with Crippen LogP contribution in [-0.2, 0) is 9.63 Å². The maximum absolute atomic E-state index is 10.6. The van der Waals surface area contributed by atoms with Crippen molar-refractivity contribution >= 4 is 28.8 Å². The number of oxime groups is 1. The minimum absolute atomic E-state index is 0.0296. The van der Waals surface area contributed by atoms with Crippen LogP contribution >= 0.6 is 11.8 Å². The molecule has 0 unspecified atom stereocenters. The normalized spacial score (nSPS) is 10.8. The zero-order valence-electron chi connectivity index (χ0n) is 7.36. The Kier molecular flexibility index (Phi) is 5.69. The monoisotopic (exact) mass is 205 g/mol. The van der Waals surface area contributed by atoms with Crippen molar-refractivity contribution in [2.24, 2.45) is 10.9 Å². The Morgan fingerprint density at radius 3 is 2.62 bits per heavy atom. The molecular formula is C6H11N3O3S. The number of carbonyl (C=O) groups is 2. The number of nitrogens with two attached hydrogens (primary N) is 1. The van der Waals surface area contributed by atoms with E-state index >= 15 is 0 Å². The van der Waals surface area contributed by atoms with Crippen molar-refractivity contribution in [3.8, 4) is 0 Å². The molecule has 0 fully saturated rings. The Balaban J connectivity index is 4.06. The van der Waals surface area contributed by atoms with Gasteiger partial charge in [-0.25, -0.2) is 4.79 Å². The highest BCUT2D eigenvalue weighted by Crippen LogP contribution is 2.02. The highest BCUT2D eigenvalue weighted by molar-refractivity contribution is 8.13. The van der Waals surface area contributed by atoms with E-state index in [0.29, 0.717) is 5.04 Å². The van der Waals surface area contributed by atoms with Gasteiger partial charge in [-0.15, -0.1) is 11.8 Å². The number of rotatable bonds is 3. The zero-order valence-corrected chi connectivity index (χ0v) is 8.18. The zero-order chi connectivity index (χ0) is 10.3. The maximum Gasteiger partial charge on any atom is 0.433 e. The van der Waals surface area contributed by atoms with Gasteiger partial charge in [-0.3, -0.25) is 9.63 Å². The van der Waals surface area contributed by atoms with Crippen molar-refractivity contribution in [3.05, 3.63) is 0 Å². The average molecular weight is 205 g/mol. The van der Waals surface area contributed by atoms with Crippen LogP contribution in [0.3, 0.4) is 0 Å². The van der Waals surface area contributed by atoms with Crippen LogP contribution in [0.1, 0.15) is 6.42 Å². The first-order valence-corrected chi connectivity index (χ1v) is 4.60. The molecule has 2 amide bonds. The van der Waals surface area contributed by atoms with Gasteiger partial charge in [0, 0.05) is 7.05 Å². The summed E-state index contributed by atoms with van der Waals surface area (Å²) in [6.07, 6.45) is 0.990. The van der Waals surface area contributed by atoms with Gasteiger partial charge in [0.15, 0.2) is 0 Å². The van der Waals surface area contributed by atoms with Crippen molar-refractivity contribution in [2.75, 3.05) is 13.3 Å². The fourth-order valence-corrected chi connectivity index (χ4v) is 0.827.